The summed E-state index contributed by atoms with van der Waals surface area (Å²) in [6.45, 7) is 5.51. The Hall–Kier alpha value is -0.610. The van der Waals surface area contributed by atoms with Gasteiger partial charge in [-0.2, -0.15) is 0 Å². The molecule has 2 heterocycles. The van der Waals surface area contributed by atoms with Gasteiger partial charge in [0, 0.05) is 25.2 Å². The number of nitrogens with zero attached hydrogens (tertiary/aromatic N) is 1. The molecule has 1 amide bonds. The topological polar surface area (TPSA) is 55.6 Å². The molecule has 17 heavy (non-hydrogen) atoms. The second kappa shape index (κ2) is 5.36. The van der Waals surface area contributed by atoms with Gasteiger partial charge in [-0.1, -0.05) is 6.92 Å². The summed E-state index contributed by atoms with van der Waals surface area (Å²) in [6, 6.07) is 0.517. The summed E-state index contributed by atoms with van der Waals surface area (Å²) in [5.41, 5.74) is 5.79. The van der Waals surface area contributed by atoms with Gasteiger partial charge in [0.25, 0.3) is 5.91 Å². The molecule has 4 nitrogen and oxygen atoms in total. The predicted molar refractivity (Wildman–Crippen MR) is 66.5 cm³/mol. The van der Waals surface area contributed by atoms with Crippen molar-refractivity contribution >= 4 is 5.91 Å². The van der Waals surface area contributed by atoms with Crippen LogP contribution in [0.3, 0.4) is 0 Å². The fraction of sp³-hybridized carbons (Fsp3) is 0.923. The Kier molecular flexibility index (Phi) is 4.05. The second-order valence-corrected chi connectivity index (χ2v) is 5.47. The molecular weight excluding hydrogens is 216 g/mol. The molecule has 0 aliphatic carbocycles. The molecule has 4 heteroatoms. The van der Waals surface area contributed by atoms with Crippen LogP contribution in [0.5, 0.6) is 0 Å². The van der Waals surface area contributed by atoms with Crippen molar-refractivity contribution in [1.82, 2.24) is 4.90 Å². The highest BCUT2D eigenvalue weighted by molar-refractivity contribution is 5.82. The SMILES string of the molecule is CC1CCOC1C(=O)N1C(C)CCCC1CN. The van der Waals surface area contributed by atoms with Crippen molar-refractivity contribution in [1.29, 1.82) is 0 Å². The number of nitrogens with two attached hydrogens (primary N) is 1. The van der Waals surface area contributed by atoms with Gasteiger partial charge in [0.1, 0.15) is 6.10 Å². The minimum absolute atomic E-state index is 0.164. The Morgan fingerprint density at radius 3 is 2.71 bits per heavy atom. The van der Waals surface area contributed by atoms with Crippen molar-refractivity contribution in [2.45, 2.75) is 57.7 Å². The van der Waals surface area contributed by atoms with Crippen molar-refractivity contribution in [3.63, 3.8) is 0 Å². The fourth-order valence-corrected chi connectivity index (χ4v) is 3.07. The van der Waals surface area contributed by atoms with Gasteiger partial charge in [0.15, 0.2) is 0 Å². The molecule has 2 aliphatic rings. The number of rotatable bonds is 2. The molecule has 4 atom stereocenters. The van der Waals surface area contributed by atoms with E-state index in [2.05, 4.69) is 13.8 Å². The van der Waals surface area contributed by atoms with E-state index in [4.69, 9.17) is 10.5 Å². The Morgan fingerprint density at radius 2 is 2.12 bits per heavy atom. The minimum atomic E-state index is -0.232. The first-order valence-electron chi connectivity index (χ1n) is 6.79. The number of carbonyl (C=O) groups excluding carboxylic acids is 1. The number of piperidine rings is 1. The molecule has 98 valence electrons. The standard InChI is InChI=1S/C13H24N2O2/c1-9-6-7-17-12(9)13(16)15-10(2)4-3-5-11(15)8-14/h9-12H,3-8,14H2,1-2H3. The van der Waals surface area contributed by atoms with Crippen LogP contribution in [0.1, 0.15) is 39.5 Å². The van der Waals surface area contributed by atoms with Crippen molar-refractivity contribution < 1.29 is 9.53 Å². The van der Waals surface area contributed by atoms with E-state index in [0.717, 1.165) is 19.3 Å². The van der Waals surface area contributed by atoms with E-state index in [0.29, 0.717) is 25.1 Å². The maximum absolute atomic E-state index is 12.5. The summed E-state index contributed by atoms with van der Waals surface area (Å²) in [6.07, 6.45) is 4.06. The molecule has 0 radical (unpaired) electrons. The third kappa shape index (κ3) is 2.47. The van der Waals surface area contributed by atoms with Gasteiger partial charge >= 0.3 is 0 Å². The van der Waals surface area contributed by atoms with Crippen molar-refractivity contribution in [3.8, 4) is 0 Å². The van der Waals surface area contributed by atoms with Gasteiger partial charge in [-0.15, -0.1) is 0 Å². The van der Waals surface area contributed by atoms with Crippen LogP contribution in [0.2, 0.25) is 0 Å². The van der Waals surface area contributed by atoms with Gasteiger partial charge in [-0.3, -0.25) is 4.79 Å². The van der Waals surface area contributed by atoms with Gasteiger partial charge in [-0.25, -0.2) is 0 Å². The number of likely N-dealkylation sites (tertiary alicyclic amines) is 1. The summed E-state index contributed by atoms with van der Waals surface area (Å²) in [7, 11) is 0. The molecule has 0 spiro atoms. The molecule has 0 aromatic carbocycles. The number of ether oxygens (including phenoxy) is 1. The highest BCUT2D eigenvalue weighted by Gasteiger charge is 2.39. The summed E-state index contributed by atoms with van der Waals surface area (Å²) in [4.78, 5) is 14.5. The molecule has 0 saturated carbocycles. The van der Waals surface area contributed by atoms with Crippen LogP contribution in [0, 0.1) is 5.92 Å². The molecule has 2 saturated heterocycles. The molecule has 2 rings (SSSR count). The fourth-order valence-electron chi connectivity index (χ4n) is 3.07. The first kappa shape index (κ1) is 12.8. The van der Waals surface area contributed by atoms with Gasteiger partial charge in [-0.05, 0) is 38.5 Å². The molecule has 0 aromatic heterocycles. The van der Waals surface area contributed by atoms with E-state index in [1.807, 2.05) is 4.90 Å². The van der Waals surface area contributed by atoms with E-state index in [-0.39, 0.29) is 18.1 Å². The predicted octanol–water partition coefficient (Wildman–Crippen LogP) is 1.14. The molecule has 4 unspecified atom stereocenters. The zero-order valence-corrected chi connectivity index (χ0v) is 10.9. The van der Waals surface area contributed by atoms with Gasteiger partial charge in [0.2, 0.25) is 0 Å². The first-order valence-corrected chi connectivity index (χ1v) is 6.79. The van der Waals surface area contributed by atoms with E-state index < -0.39 is 0 Å². The summed E-state index contributed by atoms with van der Waals surface area (Å²) >= 11 is 0. The average molecular weight is 240 g/mol. The number of amides is 1. The number of hydrogen-bond acceptors (Lipinski definition) is 3. The first-order chi connectivity index (χ1) is 8.15. The molecule has 0 bridgehead atoms. The lowest BCUT2D eigenvalue weighted by atomic mass is 9.94. The molecular formula is C13H24N2O2. The minimum Gasteiger partial charge on any atom is -0.368 e. The van der Waals surface area contributed by atoms with Crippen LogP contribution in [0.25, 0.3) is 0 Å². The van der Waals surface area contributed by atoms with Crippen LogP contribution < -0.4 is 5.73 Å². The zero-order chi connectivity index (χ0) is 12.4. The molecule has 2 fully saturated rings. The van der Waals surface area contributed by atoms with Gasteiger partial charge in [0.05, 0.1) is 0 Å². The van der Waals surface area contributed by atoms with E-state index in [9.17, 15) is 4.79 Å². The lowest BCUT2D eigenvalue weighted by Gasteiger charge is -2.41. The molecule has 2 N–H and O–H groups in total. The third-order valence-electron chi connectivity index (χ3n) is 4.18. The Labute approximate surface area is 103 Å². The summed E-state index contributed by atoms with van der Waals surface area (Å²) in [5.74, 6) is 0.507. The largest absolute Gasteiger partial charge is 0.368 e. The third-order valence-corrected chi connectivity index (χ3v) is 4.18. The Bertz CT molecular complexity index is 283. The second-order valence-electron chi connectivity index (χ2n) is 5.47. The van der Waals surface area contributed by atoms with Crippen LogP contribution in [-0.4, -0.2) is 42.1 Å². The van der Waals surface area contributed by atoms with Crippen molar-refractivity contribution in [2.75, 3.05) is 13.2 Å². The van der Waals surface area contributed by atoms with Crippen molar-refractivity contribution in [3.05, 3.63) is 0 Å². The lowest BCUT2D eigenvalue weighted by molar-refractivity contribution is -0.149. The van der Waals surface area contributed by atoms with E-state index in [1.165, 1.54) is 6.42 Å². The van der Waals surface area contributed by atoms with E-state index >= 15 is 0 Å². The van der Waals surface area contributed by atoms with Crippen LogP contribution in [0.4, 0.5) is 0 Å². The summed E-state index contributed by atoms with van der Waals surface area (Å²) in [5, 5.41) is 0. The van der Waals surface area contributed by atoms with E-state index in [1.54, 1.807) is 0 Å². The number of carbonyl (C=O) groups is 1. The normalized spacial score (nSPS) is 38.4. The Morgan fingerprint density at radius 1 is 1.35 bits per heavy atom. The molecule has 2 aliphatic heterocycles. The smallest absolute Gasteiger partial charge is 0.252 e. The number of hydrogen-bond donors (Lipinski definition) is 1. The highest BCUT2D eigenvalue weighted by atomic mass is 16.5. The maximum atomic E-state index is 12.5. The Balaban J connectivity index is 2.09. The monoisotopic (exact) mass is 240 g/mol. The van der Waals surface area contributed by atoms with Crippen LogP contribution >= 0.6 is 0 Å². The summed E-state index contributed by atoms with van der Waals surface area (Å²) < 4.78 is 5.59. The zero-order valence-electron chi connectivity index (χ0n) is 10.9. The lowest BCUT2D eigenvalue weighted by Crippen LogP contribution is -2.55. The maximum Gasteiger partial charge on any atom is 0.252 e. The molecule has 0 aromatic rings. The average Bonchev–Trinajstić information content (AvgIpc) is 2.74. The van der Waals surface area contributed by atoms with Gasteiger partial charge < -0.3 is 15.4 Å². The quantitative estimate of drug-likeness (QED) is 0.787. The van der Waals surface area contributed by atoms with Crippen LogP contribution in [0.15, 0.2) is 0 Å². The van der Waals surface area contributed by atoms with Crippen molar-refractivity contribution in [2.24, 2.45) is 11.7 Å². The highest BCUT2D eigenvalue weighted by Crippen LogP contribution is 2.28. The van der Waals surface area contributed by atoms with Crippen LogP contribution in [-0.2, 0) is 9.53 Å².